The van der Waals surface area contributed by atoms with Crippen LogP contribution >= 0.6 is 12.2 Å². The largest absolute Gasteiger partial charge is 0.393 e. The first-order valence-electron chi connectivity index (χ1n) is 5.35. The summed E-state index contributed by atoms with van der Waals surface area (Å²) in [7, 11) is 0. The van der Waals surface area contributed by atoms with Crippen LogP contribution in [0.1, 0.15) is 18.4 Å². The molecule has 1 heterocycles. The number of benzene rings is 1. The Kier molecular flexibility index (Phi) is 3.19. The van der Waals surface area contributed by atoms with Crippen molar-refractivity contribution >= 4 is 28.8 Å². The lowest BCUT2D eigenvalue weighted by atomic mass is 10.0. The van der Waals surface area contributed by atoms with Crippen LogP contribution in [0.2, 0.25) is 0 Å². The molecule has 1 aliphatic heterocycles. The molecule has 16 heavy (non-hydrogen) atoms. The lowest BCUT2D eigenvalue weighted by Crippen LogP contribution is -2.37. The van der Waals surface area contributed by atoms with Gasteiger partial charge in [-0.05, 0) is 24.5 Å². The van der Waals surface area contributed by atoms with Gasteiger partial charge in [0.15, 0.2) is 0 Å². The molecular weight excluding hydrogens is 220 g/mol. The lowest BCUT2D eigenvalue weighted by molar-refractivity contribution is -0.117. The van der Waals surface area contributed by atoms with Crippen molar-refractivity contribution in [2.75, 3.05) is 11.4 Å². The highest BCUT2D eigenvalue weighted by atomic mass is 32.1. The van der Waals surface area contributed by atoms with Crippen LogP contribution in [-0.2, 0) is 11.2 Å². The summed E-state index contributed by atoms with van der Waals surface area (Å²) in [6, 6.07) is 7.99. The molecule has 84 valence electrons. The number of nitrogens with two attached hydrogens (primary N) is 1. The maximum absolute atomic E-state index is 11.9. The average molecular weight is 234 g/mol. The second kappa shape index (κ2) is 4.61. The normalized spacial score (nSPS) is 14.4. The Morgan fingerprint density at radius 1 is 1.44 bits per heavy atom. The zero-order valence-electron chi connectivity index (χ0n) is 8.98. The van der Waals surface area contributed by atoms with E-state index in [4.69, 9.17) is 18.0 Å². The van der Waals surface area contributed by atoms with Crippen LogP contribution in [-0.4, -0.2) is 17.4 Å². The van der Waals surface area contributed by atoms with E-state index in [2.05, 4.69) is 6.07 Å². The van der Waals surface area contributed by atoms with Crippen LogP contribution in [0.15, 0.2) is 24.3 Å². The monoisotopic (exact) mass is 234 g/mol. The molecule has 0 aromatic heterocycles. The SMILES string of the molecule is NC(=S)CC(=O)N1CCCc2ccccc21. The van der Waals surface area contributed by atoms with E-state index in [1.165, 1.54) is 5.56 Å². The van der Waals surface area contributed by atoms with Crippen LogP contribution in [0.5, 0.6) is 0 Å². The number of nitrogens with zero attached hydrogens (tertiary/aromatic N) is 1. The molecule has 1 aromatic carbocycles. The van der Waals surface area contributed by atoms with E-state index < -0.39 is 0 Å². The number of hydrogen-bond acceptors (Lipinski definition) is 2. The molecular formula is C12H14N2OS. The number of rotatable bonds is 2. The predicted molar refractivity (Wildman–Crippen MR) is 68.5 cm³/mol. The van der Waals surface area contributed by atoms with Crippen LogP contribution in [0, 0.1) is 0 Å². The molecule has 0 spiro atoms. The van der Waals surface area contributed by atoms with Gasteiger partial charge in [-0.2, -0.15) is 0 Å². The Morgan fingerprint density at radius 3 is 2.94 bits per heavy atom. The molecule has 2 N–H and O–H groups in total. The highest BCUT2D eigenvalue weighted by molar-refractivity contribution is 7.80. The molecule has 0 radical (unpaired) electrons. The van der Waals surface area contributed by atoms with Crippen LogP contribution in [0.25, 0.3) is 0 Å². The summed E-state index contributed by atoms with van der Waals surface area (Å²) < 4.78 is 0. The number of carbonyl (C=O) groups is 1. The number of fused-ring (bicyclic) bond motifs is 1. The number of aryl methyl sites for hydroxylation is 1. The maximum Gasteiger partial charge on any atom is 0.233 e. The fourth-order valence-corrected chi connectivity index (χ4v) is 2.16. The summed E-state index contributed by atoms with van der Waals surface area (Å²) in [4.78, 5) is 14.0. The summed E-state index contributed by atoms with van der Waals surface area (Å²) in [5.41, 5.74) is 7.64. The second-order valence-electron chi connectivity index (χ2n) is 3.92. The highest BCUT2D eigenvalue weighted by Crippen LogP contribution is 2.26. The van der Waals surface area contributed by atoms with Crippen LogP contribution < -0.4 is 10.6 Å². The average Bonchev–Trinajstić information content (AvgIpc) is 2.27. The summed E-state index contributed by atoms with van der Waals surface area (Å²) in [5.74, 6) is -0.000324. The van der Waals surface area contributed by atoms with Crippen molar-refractivity contribution in [2.45, 2.75) is 19.3 Å². The maximum atomic E-state index is 11.9. The van der Waals surface area contributed by atoms with Crippen LogP contribution in [0.3, 0.4) is 0 Å². The summed E-state index contributed by atoms with van der Waals surface area (Å²) >= 11 is 4.77. The first kappa shape index (κ1) is 11.1. The van der Waals surface area contributed by atoms with Gasteiger partial charge in [0.1, 0.15) is 0 Å². The van der Waals surface area contributed by atoms with Gasteiger partial charge in [-0.25, -0.2) is 0 Å². The third-order valence-electron chi connectivity index (χ3n) is 2.74. The fraction of sp³-hybridized carbons (Fsp3) is 0.333. The Bertz CT molecular complexity index is 431. The Labute approximate surface area is 100 Å². The molecule has 0 atom stereocenters. The van der Waals surface area contributed by atoms with Gasteiger partial charge in [-0.15, -0.1) is 0 Å². The van der Waals surface area contributed by atoms with Gasteiger partial charge in [0.25, 0.3) is 0 Å². The molecule has 0 saturated carbocycles. The van der Waals surface area contributed by atoms with Gasteiger partial charge in [-0.1, -0.05) is 30.4 Å². The van der Waals surface area contributed by atoms with Gasteiger partial charge >= 0.3 is 0 Å². The van der Waals surface area contributed by atoms with E-state index >= 15 is 0 Å². The van der Waals surface area contributed by atoms with E-state index in [0.29, 0.717) is 0 Å². The summed E-state index contributed by atoms with van der Waals surface area (Å²) in [5, 5.41) is 0. The minimum atomic E-state index is -0.000324. The lowest BCUT2D eigenvalue weighted by Gasteiger charge is -2.29. The fourth-order valence-electron chi connectivity index (χ4n) is 2.04. The summed E-state index contributed by atoms with van der Waals surface area (Å²) in [6.07, 6.45) is 2.19. The molecule has 4 heteroatoms. The second-order valence-corrected chi connectivity index (χ2v) is 4.45. The Morgan fingerprint density at radius 2 is 2.19 bits per heavy atom. The molecule has 0 bridgehead atoms. The Hall–Kier alpha value is -1.42. The highest BCUT2D eigenvalue weighted by Gasteiger charge is 2.21. The molecule has 3 nitrogen and oxygen atoms in total. The van der Waals surface area contributed by atoms with Crippen molar-refractivity contribution in [3.8, 4) is 0 Å². The van der Waals surface area contributed by atoms with Crippen molar-refractivity contribution in [3.05, 3.63) is 29.8 Å². The molecule has 2 rings (SSSR count). The van der Waals surface area contributed by atoms with Gasteiger partial charge in [-0.3, -0.25) is 4.79 Å². The molecule has 0 saturated heterocycles. The molecule has 1 aliphatic rings. The predicted octanol–water partition coefficient (Wildman–Crippen LogP) is 1.64. The number of thiocarbonyl (C=S) groups is 1. The zero-order chi connectivity index (χ0) is 11.5. The first-order chi connectivity index (χ1) is 7.68. The number of hydrogen-bond donors (Lipinski definition) is 1. The van der Waals surface area contributed by atoms with E-state index in [1.54, 1.807) is 4.90 Å². The van der Waals surface area contributed by atoms with Crippen molar-refractivity contribution < 1.29 is 4.79 Å². The number of para-hydroxylation sites is 1. The van der Waals surface area contributed by atoms with Gasteiger partial charge < -0.3 is 10.6 Å². The number of carbonyl (C=O) groups excluding carboxylic acids is 1. The standard InChI is InChI=1S/C12H14N2OS/c13-11(16)8-12(15)14-7-3-5-9-4-1-2-6-10(9)14/h1-2,4,6H,3,5,7-8H2,(H2,13,16). The topological polar surface area (TPSA) is 46.3 Å². The van der Waals surface area contributed by atoms with Crippen molar-refractivity contribution in [1.29, 1.82) is 0 Å². The van der Waals surface area contributed by atoms with Gasteiger partial charge in [0.05, 0.1) is 11.4 Å². The molecule has 0 fully saturated rings. The van der Waals surface area contributed by atoms with E-state index in [9.17, 15) is 4.79 Å². The Balaban J connectivity index is 2.24. The minimum Gasteiger partial charge on any atom is -0.393 e. The first-order valence-corrected chi connectivity index (χ1v) is 5.76. The van der Waals surface area contributed by atoms with E-state index in [-0.39, 0.29) is 17.3 Å². The number of amides is 1. The molecule has 0 aliphatic carbocycles. The van der Waals surface area contributed by atoms with Crippen molar-refractivity contribution in [2.24, 2.45) is 5.73 Å². The number of anilines is 1. The summed E-state index contributed by atoms with van der Waals surface area (Å²) in [6.45, 7) is 0.762. The van der Waals surface area contributed by atoms with Gasteiger partial charge in [0.2, 0.25) is 5.91 Å². The third-order valence-corrected chi connectivity index (χ3v) is 2.88. The van der Waals surface area contributed by atoms with E-state index in [1.807, 2.05) is 18.2 Å². The zero-order valence-corrected chi connectivity index (χ0v) is 9.80. The van der Waals surface area contributed by atoms with E-state index in [0.717, 1.165) is 25.1 Å². The quantitative estimate of drug-likeness (QED) is 0.791. The van der Waals surface area contributed by atoms with Crippen molar-refractivity contribution in [3.63, 3.8) is 0 Å². The van der Waals surface area contributed by atoms with Crippen LogP contribution in [0.4, 0.5) is 5.69 Å². The molecule has 1 amide bonds. The van der Waals surface area contributed by atoms with Crippen molar-refractivity contribution in [1.82, 2.24) is 0 Å². The van der Waals surface area contributed by atoms with Gasteiger partial charge in [0, 0.05) is 12.2 Å². The molecule has 0 unspecified atom stereocenters. The third kappa shape index (κ3) is 2.22. The minimum absolute atomic E-state index is 0.000324. The molecule has 1 aromatic rings. The smallest absolute Gasteiger partial charge is 0.233 e.